The lowest BCUT2D eigenvalue weighted by atomic mass is 10.4. The van der Waals surface area contributed by atoms with Crippen LogP contribution >= 0.6 is 34.5 Å². The normalized spacial score (nSPS) is 10.7. The molecular weight excluding hydrogens is 238 g/mol. The van der Waals surface area contributed by atoms with Crippen molar-refractivity contribution in [2.24, 2.45) is 0 Å². The van der Waals surface area contributed by atoms with E-state index in [1.165, 1.54) is 11.5 Å². The lowest BCUT2D eigenvalue weighted by Crippen LogP contribution is -1.85. The van der Waals surface area contributed by atoms with Crippen LogP contribution in [0.1, 0.15) is 11.4 Å². The fraction of sp³-hybridized carbons (Fsp3) is 0.375. The third-order valence-corrected chi connectivity index (χ3v) is 3.81. The van der Waals surface area contributed by atoms with Crippen molar-refractivity contribution >= 4 is 34.5 Å². The number of rotatable bonds is 3. The second kappa shape index (κ2) is 4.33. The molecule has 0 saturated heterocycles. The topological polar surface area (TPSA) is 38.7 Å². The van der Waals surface area contributed by atoms with Crippen LogP contribution in [0.4, 0.5) is 0 Å². The molecule has 2 heterocycles. The van der Waals surface area contributed by atoms with Crippen LogP contribution in [-0.4, -0.2) is 20.5 Å². The van der Waals surface area contributed by atoms with Gasteiger partial charge in [-0.1, -0.05) is 4.49 Å². The molecule has 0 unspecified atom stereocenters. The molecule has 0 amide bonds. The monoisotopic (exact) mass is 245 g/mol. The second-order valence-corrected chi connectivity index (χ2v) is 4.76. The zero-order valence-electron chi connectivity index (χ0n) is 7.53. The first-order valence-electron chi connectivity index (χ1n) is 4.11. The maximum Gasteiger partial charge on any atom is 0.137 e. The highest BCUT2D eigenvalue weighted by atomic mass is 35.5. The van der Waals surface area contributed by atoms with E-state index in [2.05, 4.69) is 14.6 Å². The molecule has 0 saturated carbocycles. The molecule has 0 spiro atoms. The molecule has 0 aliphatic rings. The Morgan fingerprint density at radius 2 is 2.36 bits per heavy atom. The van der Waals surface area contributed by atoms with Gasteiger partial charge in [-0.25, -0.2) is 4.98 Å². The summed E-state index contributed by atoms with van der Waals surface area (Å²) < 4.78 is 3.89. The summed E-state index contributed by atoms with van der Waals surface area (Å²) in [6.45, 7) is 1.95. The Bertz CT molecular complexity index is 424. The highest BCUT2D eigenvalue weighted by Gasteiger charge is 2.10. The number of hydrogen-bond donors (Lipinski definition) is 0. The molecule has 0 aromatic carbocycles. The maximum atomic E-state index is 5.64. The molecule has 2 rings (SSSR count). The summed E-state index contributed by atoms with van der Waals surface area (Å²) >= 11 is 8.65. The first kappa shape index (κ1) is 10.0. The van der Waals surface area contributed by atoms with Gasteiger partial charge in [-0.05, 0) is 18.5 Å². The van der Waals surface area contributed by atoms with E-state index >= 15 is 0 Å². The molecule has 3 nitrogen and oxygen atoms in total. The fourth-order valence-corrected chi connectivity index (χ4v) is 2.88. The van der Waals surface area contributed by atoms with Gasteiger partial charge in [0.25, 0.3) is 0 Å². The molecular formula is C8H8ClN3S2. The standard InChI is InChI=1S/C8H8ClN3S2/c1-5-7(14-12-11-5)8-10-6(2-3-9)4-13-8/h4H,2-3H2,1H3. The van der Waals surface area contributed by atoms with E-state index in [0.717, 1.165) is 27.7 Å². The predicted molar refractivity (Wildman–Crippen MR) is 60.2 cm³/mol. The minimum atomic E-state index is 0.614. The van der Waals surface area contributed by atoms with Crippen LogP contribution in [0.5, 0.6) is 0 Å². The van der Waals surface area contributed by atoms with Gasteiger partial charge in [0.1, 0.15) is 9.88 Å². The molecule has 0 bridgehead atoms. The summed E-state index contributed by atoms with van der Waals surface area (Å²) in [5.74, 6) is 0.614. The highest BCUT2D eigenvalue weighted by molar-refractivity contribution is 7.18. The van der Waals surface area contributed by atoms with Gasteiger partial charge in [0.05, 0.1) is 11.4 Å². The molecule has 0 atom stereocenters. The lowest BCUT2D eigenvalue weighted by molar-refractivity contribution is 1.07. The first-order valence-corrected chi connectivity index (χ1v) is 6.29. The number of hydrogen-bond acceptors (Lipinski definition) is 5. The lowest BCUT2D eigenvalue weighted by Gasteiger charge is -1.89. The quantitative estimate of drug-likeness (QED) is 0.781. The molecule has 0 N–H and O–H groups in total. The van der Waals surface area contributed by atoms with Crippen LogP contribution in [0, 0.1) is 6.92 Å². The number of nitrogens with zero attached hydrogens (tertiary/aromatic N) is 3. The zero-order valence-corrected chi connectivity index (χ0v) is 9.92. The van der Waals surface area contributed by atoms with E-state index in [9.17, 15) is 0 Å². The molecule has 0 fully saturated rings. The fourth-order valence-electron chi connectivity index (χ4n) is 1.05. The van der Waals surface area contributed by atoms with Gasteiger partial charge < -0.3 is 0 Å². The van der Waals surface area contributed by atoms with Gasteiger partial charge >= 0.3 is 0 Å². The van der Waals surface area contributed by atoms with Crippen LogP contribution in [0.2, 0.25) is 0 Å². The third-order valence-electron chi connectivity index (χ3n) is 1.75. The molecule has 14 heavy (non-hydrogen) atoms. The Morgan fingerprint density at radius 3 is 3.00 bits per heavy atom. The van der Waals surface area contributed by atoms with Crippen LogP contribution in [0.15, 0.2) is 5.38 Å². The van der Waals surface area contributed by atoms with Crippen LogP contribution in [0.3, 0.4) is 0 Å². The Balaban J connectivity index is 2.29. The average molecular weight is 246 g/mol. The van der Waals surface area contributed by atoms with Gasteiger partial charge in [0, 0.05) is 17.7 Å². The van der Waals surface area contributed by atoms with Crippen molar-refractivity contribution in [3.8, 4) is 9.88 Å². The highest BCUT2D eigenvalue weighted by Crippen LogP contribution is 2.28. The molecule has 0 radical (unpaired) electrons. The smallest absolute Gasteiger partial charge is 0.137 e. The Kier molecular flexibility index (Phi) is 3.10. The predicted octanol–water partition coefficient (Wildman–Crippen LogP) is 2.75. The second-order valence-electron chi connectivity index (χ2n) is 2.77. The van der Waals surface area contributed by atoms with Crippen molar-refractivity contribution in [1.29, 1.82) is 0 Å². The summed E-state index contributed by atoms with van der Waals surface area (Å²) in [6.07, 6.45) is 0.823. The van der Waals surface area contributed by atoms with Crippen molar-refractivity contribution < 1.29 is 0 Å². The van der Waals surface area contributed by atoms with Gasteiger partial charge in [0.15, 0.2) is 0 Å². The Morgan fingerprint density at radius 1 is 1.50 bits per heavy atom. The SMILES string of the molecule is Cc1nnsc1-c1nc(CCCl)cs1. The molecule has 0 aliphatic heterocycles. The summed E-state index contributed by atoms with van der Waals surface area (Å²) in [5.41, 5.74) is 1.99. The van der Waals surface area contributed by atoms with Crippen molar-refractivity contribution in [3.63, 3.8) is 0 Å². The summed E-state index contributed by atoms with van der Waals surface area (Å²) in [7, 11) is 0. The number of thiazole rings is 1. The number of halogens is 1. The zero-order chi connectivity index (χ0) is 9.97. The van der Waals surface area contributed by atoms with Gasteiger partial charge in [-0.2, -0.15) is 0 Å². The van der Waals surface area contributed by atoms with Gasteiger partial charge in [-0.3, -0.25) is 0 Å². The third kappa shape index (κ3) is 1.94. The van der Waals surface area contributed by atoms with Crippen LogP contribution < -0.4 is 0 Å². The van der Waals surface area contributed by atoms with E-state index < -0.39 is 0 Å². The van der Waals surface area contributed by atoms with Gasteiger partial charge in [-0.15, -0.1) is 28.0 Å². The first-order chi connectivity index (χ1) is 6.81. The number of aryl methyl sites for hydroxylation is 2. The van der Waals surface area contributed by atoms with E-state index in [-0.39, 0.29) is 0 Å². The Hall–Kier alpha value is -0.520. The summed E-state index contributed by atoms with van der Waals surface area (Å²) in [6, 6.07) is 0. The van der Waals surface area contributed by atoms with Crippen LogP contribution in [0.25, 0.3) is 9.88 Å². The maximum absolute atomic E-state index is 5.64. The van der Waals surface area contributed by atoms with Crippen molar-refractivity contribution in [2.75, 3.05) is 5.88 Å². The van der Waals surface area contributed by atoms with Crippen molar-refractivity contribution in [1.82, 2.24) is 14.6 Å². The molecule has 0 aliphatic carbocycles. The van der Waals surface area contributed by atoms with E-state index in [0.29, 0.717) is 5.88 Å². The summed E-state index contributed by atoms with van der Waals surface area (Å²) in [5, 5.41) is 6.99. The summed E-state index contributed by atoms with van der Waals surface area (Å²) in [4.78, 5) is 5.53. The number of alkyl halides is 1. The van der Waals surface area contributed by atoms with Crippen LogP contribution in [-0.2, 0) is 6.42 Å². The van der Waals surface area contributed by atoms with Crippen molar-refractivity contribution in [3.05, 3.63) is 16.8 Å². The molecule has 2 aromatic rings. The number of aromatic nitrogens is 3. The molecule has 6 heteroatoms. The molecule has 2 aromatic heterocycles. The average Bonchev–Trinajstić information content (AvgIpc) is 2.74. The van der Waals surface area contributed by atoms with Gasteiger partial charge in [0.2, 0.25) is 0 Å². The van der Waals surface area contributed by atoms with Crippen molar-refractivity contribution in [2.45, 2.75) is 13.3 Å². The molecule has 74 valence electrons. The van der Waals surface area contributed by atoms with E-state index in [1.54, 1.807) is 11.3 Å². The largest absolute Gasteiger partial charge is 0.240 e. The minimum Gasteiger partial charge on any atom is -0.240 e. The minimum absolute atomic E-state index is 0.614. The van der Waals surface area contributed by atoms with E-state index in [1.807, 2.05) is 12.3 Å². The van der Waals surface area contributed by atoms with E-state index in [4.69, 9.17) is 11.6 Å². The Labute approximate surface area is 94.9 Å².